The van der Waals surface area contributed by atoms with Crippen LogP contribution in [0.15, 0.2) is 58.5 Å². The molecule has 0 amide bonds. The van der Waals surface area contributed by atoms with E-state index in [4.69, 9.17) is 0 Å². The van der Waals surface area contributed by atoms with Gasteiger partial charge < -0.3 is 9.88 Å². The Kier molecular flexibility index (Phi) is 4.04. The number of nitrogens with zero attached hydrogens (tertiary/aromatic N) is 1. The van der Waals surface area contributed by atoms with Gasteiger partial charge in [-0.1, -0.05) is 48.2 Å². The van der Waals surface area contributed by atoms with Gasteiger partial charge in [0.05, 0.1) is 0 Å². The number of nitrogens with one attached hydrogen (secondary N) is 1. The van der Waals surface area contributed by atoms with E-state index in [2.05, 4.69) is 79.6 Å². The van der Waals surface area contributed by atoms with Crippen LogP contribution in [-0.4, -0.2) is 24.0 Å². The van der Waals surface area contributed by atoms with E-state index in [-0.39, 0.29) is 0 Å². The highest BCUT2D eigenvalue weighted by Gasteiger charge is 2.09. The fourth-order valence-electron chi connectivity index (χ4n) is 2.56. The average molecular weight is 296 g/mol. The number of H-pyrrole nitrogens is 1. The molecule has 0 unspecified atom stereocenters. The van der Waals surface area contributed by atoms with Crippen LogP contribution >= 0.6 is 11.8 Å². The van der Waals surface area contributed by atoms with E-state index >= 15 is 0 Å². The lowest BCUT2D eigenvalue weighted by atomic mass is 10.2. The predicted octanol–water partition coefficient (Wildman–Crippen LogP) is 4.69. The number of aromatic amines is 1. The zero-order valence-electron chi connectivity index (χ0n) is 12.7. The maximum atomic E-state index is 3.41. The highest BCUT2D eigenvalue weighted by atomic mass is 32.2. The number of rotatable bonds is 4. The summed E-state index contributed by atoms with van der Waals surface area (Å²) in [6.45, 7) is 3.11. The number of hydrogen-bond donors (Lipinski definition) is 1. The van der Waals surface area contributed by atoms with Gasteiger partial charge in [-0.15, -0.1) is 0 Å². The fourth-order valence-corrected chi connectivity index (χ4v) is 3.60. The molecule has 0 aliphatic carbocycles. The maximum Gasteiger partial charge on any atom is 0.0495 e. The largest absolute Gasteiger partial charge is 0.360 e. The molecule has 21 heavy (non-hydrogen) atoms. The van der Waals surface area contributed by atoms with Crippen molar-refractivity contribution in [3.8, 4) is 0 Å². The molecule has 2 nitrogen and oxygen atoms in total. The summed E-state index contributed by atoms with van der Waals surface area (Å²) in [6, 6.07) is 15.1. The molecule has 3 rings (SSSR count). The summed E-state index contributed by atoms with van der Waals surface area (Å²) >= 11 is 1.84. The van der Waals surface area contributed by atoms with Gasteiger partial charge in [-0.3, -0.25) is 0 Å². The van der Waals surface area contributed by atoms with Crippen molar-refractivity contribution in [2.45, 2.75) is 23.3 Å². The zero-order chi connectivity index (χ0) is 14.8. The molecule has 1 N–H and O–H groups in total. The Morgan fingerprint density at radius 1 is 1.00 bits per heavy atom. The van der Waals surface area contributed by atoms with Crippen molar-refractivity contribution in [2.75, 3.05) is 14.1 Å². The molecule has 0 atom stereocenters. The molecule has 2 aromatic carbocycles. The van der Waals surface area contributed by atoms with Crippen molar-refractivity contribution >= 4 is 22.7 Å². The molecule has 0 aliphatic rings. The molecule has 0 spiro atoms. The number of fused-ring (bicyclic) bond motifs is 1. The Hall–Kier alpha value is -1.71. The third kappa shape index (κ3) is 2.99. The molecule has 0 aliphatic heterocycles. The van der Waals surface area contributed by atoms with Crippen molar-refractivity contribution in [2.24, 2.45) is 0 Å². The lowest BCUT2D eigenvalue weighted by Crippen LogP contribution is -2.11. The zero-order valence-corrected chi connectivity index (χ0v) is 13.5. The van der Waals surface area contributed by atoms with E-state index in [1.54, 1.807) is 0 Å². The van der Waals surface area contributed by atoms with Gasteiger partial charge in [0, 0.05) is 33.4 Å². The maximum absolute atomic E-state index is 3.41. The van der Waals surface area contributed by atoms with Crippen molar-refractivity contribution < 1.29 is 0 Å². The quantitative estimate of drug-likeness (QED) is 0.753. The van der Waals surface area contributed by atoms with Crippen molar-refractivity contribution in [1.82, 2.24) is 9.88 Å². The third-order valence-electron chi connectivity index (χ3n) is 3.56. The van der Waals surface area contributed by atoms with E-state index in [0.29, 0.717) is 0 Å². The van der Waals surface area contributed by atoms with Gasteiger partial charge in [-0.25, -0.2) is 0 Å². The Morgan fingerprint density at radius 3 is 2.62 bits per heavy atom. The van der Waals surface area contributed by atoms with Crippen LogP contribution < -0.4 is 0 Å². The van der Waals surface area contributed by atoms with Crippen LogP contribution in [0.3, 0.4) is 0 Å². The van der Waals surface area contributed by atoms with Crippen LogP contribution in [0.1, 0.15) is 11.1 Å². The summed E-state index contributed by atoms with van der Waals surface area (Å²) in [5.74, 6) is 0. The molecule has 0 bridgehead atoms. The molecule has 0 radical (unpaired) electrons. The Balaban J connectivity index is 1.97. The second-order valence-corrected chi connectivity index (χ2v) is 6.68. The fraction of sp³-hybridized carbons (Fsp3) is 0.222. The van der Waals surface area contributed by atoms with Crippen molar-refractivity contribution in [1.29, 1.82) is 0 Å². The van der Waals surface area contributed by atoms with E-state index in [1.807, 2.05) is 11.8 Å². The highest BCUT2D eigenvalue weighted by Crippen LogP contribution is 2.36. The first-order chi connectivity index (χ1) is 10.1. The molecule has 0 saturated heterocycles. The molecule has 108 valence electrons. The average Bonchev–Trinajstić information content (AvgIpc) is 2.85. The summed E-state index contributed by atoms with van der Waals surface area (Å²) < 4.78 is 0. The van der Waals surface area contributed by atoms with Crippen molar-refractivity contribution in [3.05, 3.63) is 59.8 Å². The van der Waals surface area contributed by atoms with Gasteiger partial charge in [-0.05, 0) is 38.2 Å². The number of hydrogen-bond acceptors (Lipinski definition) is 2. The van der Waals surface area contributed by atoms with E-state index < -0.39 is 0 Å². The molecular weight excluding hydrogens is 276 g/mol. The summed E-state index contributed by atoms with van der Waals surface area (Å²) in [5, 5.41) is 1.31. The predicted molar refractivity (Wildman–Crippen MR) is 91.0 cm³/mol. The number of aromatic nitrogens is 1. The van der Waals surface area contributed by atoms with E-state index in [0.717, 1.165) is 6.54 Å². The van der Waals surface area contributed by atoms with E-state index in [1.165, 1.54) is 31.8 Å². The van der Waals surface area contributed by atoms with Crippen LogP contribution in [0.5, 0.6) is 0 Å². The number of para-hydroxylation sites is 1. The number of benzene rings is 2. The molecular formula is C18H20N2S. The standard InChI is InChI=1S/C18H20N2S/c1-13-7-6-9-15-17(11-19-18(13)15)21-16-10-5-4-8-14(16)12-20(2)3/h4-11,19H,12H2,1-3H3. The normalized spacial score (nSPS) is 11.4. The van der Waals surface area contributed by atoms with Gasteiger partial charge in [0.1, 0.15) is 0 Å². The summed E-state index contributed by atoms with van der Waals surface area (Å²) in [5.41, 5.74) is 3.90. The third-order valence-corrected chi connectivity index (χ3v) is 4.74. The van der Waals surface area contributed by atoms with Gasteiger partial charge in [-0.2, -0.15) is 0 Å². The van der Waals surface area contributed by atoms with E-state index in [9.17, 15) is 0 Å². The summed E-state index contributed by atoms with van der Waals surface area (Å²) in [6.07, 6.45) is 2.12. The number of aryl methyl sites for hydroxylation is 1. The van der Waals surface area contributed by atoms with Crippen LogP contribution in [-0.2, 0) is 6.54 Å². The lowest BCUT2D eigenvalue weighted by Gasteiger charge is -2.13. The minimum atomic E-state index is 0.963. The molecule has 1 heterocycles. The Labute approximate surface area is 130 Å². The first kappa shape index (κ1) is 14.2. The van der Waals surface area contributed by atoms with Gasteiger partial charge in [0.25, 0.3) is 0 Å². The minimum absolute atomic E-state index is 0.963. The first-order valence-corrected chi connectivity index (χ1v) is 7.94. The summed E-state index contributed by atoms with van der Waals surface area (Å²) in [4.78, 5) is 8.23. The Bertz CT molecular complexity index is 759. The van der Waals surface area contributed by atoms with Gasteiger partial charge >= 0.3 is 0 Å². The monoisotopic (exact) mass is 296 g/mol. The molecule has 3 heteroatoms. The lowest BCUT2D eigenvalue weighted by molar-refractivity contribution is 0.399. The molecule has 0 fully saturated rings. The molecule has 0 saturated carbocycles. The first-order valence-electron chi connectivity index (χ1n) is 7.12. The highest BCUT2D eigenvalue weighted by molar-refractivity contribution is 7.99. The van der Waals surface area contributed by atoms with Crippen LogP contribution in [0.25, 0.3) is 10.9 Å². The van der Waals surface area contributed by atoms with Crippen LogP contribution in [0.4, 0.5) is 0 Å². The Morgan fingerprint density at radius 2 is 1.81 bits per heavy atom. The van der Waals surface area contributed by atoms with Crippen molar-refractivity contribution in [3.63, 3.8) is 0 Å². The smallest absolute Gasteiger partial charge is 0.0495 e. The SMILES string of the molecule is Cc1cccc2c(Sc3ccccc3CN(C)C)c[nH]c12. The second-order valence-electron chi connectivity index (χ2n) is 5.60. The van der Waals surface area contributed by atoms with Gasteiger partial charge in [0.15, 0.2) is 0 Å². The topological polar surface area (TPSA) is 19.0 Å². The van der Waals surface area contributed by atoms with Crippen LogP contribution in [0.2, 0.25) is 0 Å². The molecule has 3 aromatic rings. The summed E-state index contributed by atoms with van der Waals surface area (Å²) in [7, 11) is 4.22. The van der Waals surface area contributed by atoms with Gasteiger partial charge in [0.2, 0.25) is 0 Å². The molecule has 1 aromatic heterocycles. The van der Waals surface area contributed by atoms with Crippen LogP contribution in [0, 0.1) is 6.92 Å². The second kappa shape index (κ2) is 5.96. The minimum Gasteiger partial charge on any atom is -0.360 e.